The number of nitro groups is 1. The highest BCUT2D eigenvalue weighted by Gasteiger charge is 2.31. The number of hydrogen-bond donors (Lipinski definition) is 2. The van der Waals surface area contributed by atoms with Gasteiger partial charge < -0.3 is 20.7 Å². The Bertz CT molecular complexity index is 671. The number of rotatable bonds is 7. The maximum absolute atomic E-state index is 11.6. The zero-order valence-electron chi connectivity index (χ0n) is 16.8. The lowest BCUT2D eigenvalue weighted by molar-refractivity contribution is -0.383. The topological polar surface area (TPSA) is 123 Å². The lowest BCUT2D eigenvalue weighted by Gasteiger charge is -2.35. The lowest BCUT2D eigenvalue weighted by Crippen LogP contribution is -2.39. The average molecular weight is 393 g/mol. The van der Waals surface area contributed by atoms with E-state index in [9.17, 15) is 10.1 Å². The SMILES string of the molecule is C[C@H]1C[C@H](C)CN(c2nc(NCCCN3CCOCC3)nc(N)c2[N+](=O)[O-])C1. The third kappa shape index (κ3) is 5.20. The maximum Gasteiger partial charge on any atom is 0.353 e. The van der Waals surface area contributed by atoms with Gasteiger partial charge in [0.2, 0.25) is 17.6 Å². The fourth-order valence-corrected chi connectivity index (χ4v) is 4.10. The second kappa shape index (κ2) is 9.33. The minimum Gasteiger partial charge on any atom is -0.379 e. The summed E-state index contributed by atoms with van der Waals surface area (Å²) >= 11 is 0. The summed E-state index contributed by atoms with van der Waals surface area (Å²) in [6.07, 6.45) is 2.03. The molecule has 156 valence electrons. The van der Waals surface area contributed by atoms with Crippen molar-refractivity contribution in [2.24, 2.45) is 11.8 Å². The molecule has 10 nitrogen and oxygen atoms in total. The average Bonchev–Trinajstić information content (AvgIpc) is 2.64. The van der Waals surface area contributed by atoms with Crippen molar-refractivity contribution in [1.29, 1.82) is 0 Å². The first-order valence-electron chi connectivity index (χ1n) is 10.0. The van der Waals surface area contributed by atoms with Crippen LogP contribution in [0.25, 0.3) is 0 Å². The van der Waals surface area contributed by atoms with E-state index < -0.39 is 4.92 Å². The molecule has 3 rings (SSSR count). The number of nitrogen functional groups attached to an aromatic ring is 1. The van der Waals surface area contributed by atoms with Crippen LogP contribution in [0, 0.1) is 22.0 Å². The molecule has 3 N–H and O–H groups in total. The number of piperidine rings is 1. The van der Waals surface area contributed by atoms with Crippen LogP contribution in [0.3, 0.4) is 0 Å². The molecule has 28 heavy (non-hydrogen) atoms. The van der Waals surface area contributed by atoms with Crippen LogP contribution in [0.1, 0.15) is 26.7 Å². The summed E-state index contributed by atoms with van der Waals surface area (Å²) in [6.45, 7) is 10.9. The fourth-order valence-electron chi connectivity index (χ4n) is 4.10. The molecule has 0 aliphatic carbocycles. The second-order valence-corrected chi connectivity index (χ2v) is 7.95. The molecule has 2 fully saturated rings. The predicted octanol–water partition coefficient (Wildman–Crippen LogP) is 1.58. The number of nitrogens with one attached hydrogen (secondary N) is 1. The van der Waals surface area contributed by atoms with E-state index in [0.29, 0.717) is 30.1 Å². The number of morpholine rings is 1. The van der Waals surface area contributed by atoms with E-state index in [1.165, 1.54) is 0 Å². The van der Waals surface area contributed by atoms with Crippen molar-refractivity contribution in [2.45, 2.75) is 26.7 Å². The van der Waals surface area contributed by atoms with E-state index in [-0.39, 0.29) is 11.5 Å². The number of anilines is 3. The largest absolute Gasteiger partial charge is 0.379 e. The molecule has 10 heteroatoms. The lowest BCUT2D eigenvalue weighted by atomic mass is 9.92. The molecule has 0 radical (unpaired) electrons. The zero-order valence-corrected chi connectivity index (χ0v) is 16.8. The van der Waals surface area contributed by atoms with Crippen molar-refractivity contribution in [3.63, 3.8) is 0 Å². The summed E-state index contributed by atoms with van der Waals surface area (Å²) in [4.78, 5) is 24.0. The Kier molecular flexibility index (Phi) is 6.84. The summed E-state index contributed by atoms with van der Waals surface area (Å²) in [7, 11) is 0. The van der Waals surface area contributed by atoms with Crippen molar-refractivity contribution < 1.29 is 9.66 Å². The number of ether oxygens (including phenoxy) is 1. The van der Waals surface area contributed by atoms with Gasteiger partial charge in [0.15, 0.2) is 0 Å². The first-order valence-corrected chi connectivity index (χ1v) is 10.0. The highest BCUT2D eigenvalue weighted by molar-refractivity contribution is 5.71. The van der Waals surface area contributed by atoms with Gasteiger partial charge in [-0.15, -0.1) is 0 Å². The van der Waals surface area contributed by atoms with E-state index in [4.69, 9.17) is 10.5 Å². The minimum atomic E-state index is -0.475. The molecule has 0 aromatic carbocycles. The Balaban J connectivity index is 1.68. The highest BCUT2D eigenvalue weighted by Crippen LogP contribution is 2.35. The molecule has 0 unspecified atom stereocenters. The molecule has 0 saturated carbocycles. The summed E-state index contributed by atoms with van der Waals surface area (Å²) in [5, 5.41) is 14.8. The van der Waals surface area contributed by atoms with Crippen LogP contribution in [-0.4, -0.2) is 72.3 Å². The van der Waals surface area contributed by atoms with Gasteiger partial charge in [0.05, 0.1) is 18.1 Å². The number of nitrogens with two attached hydrogens (primary N) is 1. The molecular weight excluding hydrogens is 362 g/mol. The van der Waals surface area contributed by atoms with E-state index in [2.05, 4.69) is 34.0 Å². The van der Waals surface area contributed by atoms with Crippen molar-refractivity contribution in [2.75, 3.05) is 68.4 Å². The predicted molar refractivity (Wildman–Crippen MR) is 109 cm³/mol. The van der Waals surface area contributed by atoms with Gasteiger partial charge in [0.1, 0.15) is 0 Å². The quantitative estimate of drug-likeness (QED) is 0.404. The molecule has 2 atom stereocenters. The van der Waals surface area contributed by atoms with Crippen LogP contribution < -0.4 is 16.0 Å². The Morgan fingerprint density at radius 3 is 2.57 bits per heavy atom. The number of hydrogen-bond acceptors (Lipinski definition) is 9. The van der Waals surface area contributed by atoms with Crippen LogP contribution in [0.15, 0.2) is 0 Å². The Labute approximate surface area is 165 Å². The van der Waals surface area contributed by atoms with Gasteiger partial charge in [-0.25, -0.2) is 0 Å². The maximum atomic E-state index is 11.6. The second-order valence-electron chi connectivity index (χ2n) is 7.95. The van der Waals surface area contributed by atoms with Gasteiger partial charge in [-0.1, -0.05) is 13.8 Å². The van der Waals surface area contributed by atoms with Crippen LogP contribution >= 0.6 is 0 Å². The third-order valence-electron chi connectivity index (χ3n) is 5.28. The van der Waals surface area contributed by atoms with Crippen LogP contribution in [0.5, 0.6) is 0 Å². The summed E-state index contributed by atoms with van der Waals surface area (Å²) in [5.74, 6) is 1.49. The Morgan fingerprint density at radius 1 is 1.25 bits per heavy atom. The van der Waals surface area contributed by atoms with Gasteiger partial charge in [0.25, 0.3) is 0 Å². The summed E-state index contributed by atoms with van der Waals surface area (Å²) < 4.78 is 5.35. The zero-order chi connectivity index (χ0) is 20.1. The first-order chi connectivity index (χ1) is 13.4. The molecular formula is C18H31N7O3. The molecule has 0 amide bonds. The summed E-state index contributed by atoms with van der Waals surface area (Å²) in [5.41, 5.74) is 5.74. The van der Waals surface area contributed by atoms with Crippen LogP contribution in [0.2, 0.25) is 0 Å². The van der Waals surface area contributed by atoms with Crippen molar-refractivity contribution in [3.05, 3.63) is 10.1 Å². The molecule has 1 aromatic heterocycles. The van der Waals surface area contributed by atoms with Crippen LogP contribution in [-0.2, 0) is 4.74 Å². The van der Waals surface area contributed by atoms with E-state index in [1.54, 1.807) is 0 Å². The molecule has 3 heterocycles. The van der Waals surface area contributed by atoms with E-state index >= 15 is 0 Å². The standard InChI is InChI=1S/C18H31N7O3/c1-13-10-14(2)12-24(11-13)17-15(25(26)27)16(19)21-18(22-17)20-4-3-5-23-6-8-28-9-7-23/h13-14H,3-12H2,1-2H3,(H3,19,20,21,22)/t13-,14-/m0/s1. The third-order valence-corrected chi connectivity index (χ3v) is 5.28. The Morgan fingerprint density at radius 2 is 1.93 bits per heavy atom. The van der Waals surface area contributed by atoms with Crippen molar-refractivity contribution in [1.82, 2.24) is 14.9 Å². The first kappa shape index (κ1) is 20.5. The Hall–Kier alpha value is -2.20. The fraction of sp³-hybridized carbons (Fsp3) is 0.778. The number of aromatic nitrogens is 2. The van der Waals surface area contributed by atoms with Gasteiger partial charge in [0, 0.05) is 32.7 Å². The molecule has 1 aromatic rings. The van der Waals surface area contributed by atoms with E-state index in [1.807, 2.05) is 4.90 Å². The molecule has 0 bridgehead atoms. The van der Waals surface area contributed by atoms with Gasteiger partial charge in [-0.05, 0) is 31.2 Å². The van der Waals surface area contributed by atoms with Gasteiger partial charge in [-0.2, -0.15) is 9.97 Å². The molecule has 2 saturated heterocycles. The normalized spacial score (nSPS) is 23.6. The van der Waals surface area contributed by atoms with E-state index in [0.717, 1.165) is 58.8 Å². The molecule has 2 aliphatic rings. The number of nitrogens with zero attached hydrogens (tertiary/aromatic N) is 5. The molecule has 0 spiro atoms. The molecule has 2 aliphatic heterocycles. The van der Waals surface area contributed by atoms with Gasteiger partial charge in [-0.3, -0.25) is 15.0 Å². The van der Waals surface area contributed by atoms with Crippen molar-refractivity contribution >= 4 is 23.3 Å². The monoisotopic (exact) mass is 393 g/mol. The smallest absolute Gasteiger partial charge is 0.353 e. The van der Waals surface area contributed by atoms with Crippen molar-refractivity contribution in [3.8, 4) is 0 Å². The minimum absolute atomic E-state index is 0.0865. The highest BCUT2D eigenvalue weighted by atomic mass is 16.6. The summed E-state index contributed by atoms with van der Waals surface area (Å²) in [6, 6.07) is 0. The van der Waals surface area contributed by atoms with Crippen LogP contribution in [0.4, 0.5) is 23.3 Å². The van der Waals surface area contributed by atoms with Gasteiger partial charge >= 0.3 is 5.69 Å².